The molecule has 1 aromatic rings. The van der Waals surface area contributed by atoms with E-state index in [1.54, 1.807) is 0 Å². The van der Waals surface area contributed by atoms with Crippen molar-refractivity contribution >= 4 is 5.91 Å². The number of hydrogen-bond donors (Lipinski definition) is 3. The molecule has 0 atom stereocenters. The fourth-order valence-electron chi connectivity index (χ4n) is 1.50. The molecule has 19 heavy (non-hydrogen) atoms. The van der Waals surface area contributed by atoms with E-state index in [1.807, 2.05) is 5.43 Å². The predicted molar refractivity (Wildman–Crippen MR) is 58.8 cm³/mol. The Morgan fingerprint density at radius 1 is 1.53 bits per heavy atom. The third-order valence-electron chi connectivity index (χ3n) is 2.25. The number of nitrogens with zero attached hydrogens (tertiary/aromatic N) is 1. The Hall–Kier alpha value is -1.58. The number of nitrogens with one attached hydrogen (secondary N) is 1. The molecule has 0 unspecified atom stereocenters. The van der Waals surface area contributed by atoms with E-state index in [1.165, 1.54) is 6.07 Å². The van der Waals surface area contributed by atoms with Crippen molar-refractivity contribution in [1.29, 1.82) is 0 Å². The Labute approximate surface area is 106 Å². The zero-order chi connectivity index (χ0) is 14.5. The molecule has 9 heteroatoms. The molecule has 0 spiro atoms. The van der Waals surface area contributed by atoms with Crippen LogP contribution in [-0.2, 0) is 6.54 Å². The smallest absolute Gasteiger partial charge is 0.401 e. The lowest BCUT2D eigenvalue weighted by Crippen LogP contribution is -2.35. The summed E-state index contributed by atoms with van der Waals surface area (Å²) in [6.07, 6.45) is -3.28. The summed E-state index contributed by atoms with van der Waals surface area (Å²) in [5.41, 5.74) is 2.00. The van der Waals surface area contributed by atoms with Crippen molar-refractivity contribution in [3.63, 3.8) is 0 Å². The summed E-state index contributed by atoms with van der Waals surface area (Å²) in [5.74, 6) is 4.49. The van der Waals surface area contributed by atoms with Gasteiger partial charge in [-0.15, -0.1) is 0 Å². The number of aliphatic hydroxyl groups is 1. The molecule has 0 aliphatic heterocycles. The van der Waals surface area contributed by atoms with Gasteiger partial charge in [0, 0.05) is 6.54 Å². The van der Waals surface area contributed by atoms with Gasteiger partial charge in [-0.05, 0) is 6.07 Å². The van der Waals surface area contributed by atoms with Gasteiger partial charge in [-0.1, -0.05) is 0 Å². The largest absolute Gasteiger partial charge is 0.467 e. The van der Waals surface area contributed by atoms with Crippen LogP contribution in [-0.4, -0.2) is 41.8 Å². The van der Waals surface area contributed by atoms with Crippen molar-refractivity contribution in [2.45, 2.75) is 12.7 Å². The van der Waals surface area contributed by atoms with Gasteiger partial charge in [-0.25, -0.2) is 5.84 Å². The summed E-state index contributed by atoms with van der Waals surface area (Å²) in [6, 6.07) is 1.29. The van der Waals surface area contributed by atoms with Crippen LogP contribution in [0.25, 0.3) is 0 Å². The quantitative estimate of drug-likeness (QED) is 0.395. The first-order valence-electron chi connectivity index (χ1n) is 5.34. The van der Waals surface area contributed by atoms with Gasteiger partial charge in [0.15, 0.2) is 0 Å². The molecule has 0 aromatic carbocycles. The zero-order valence-corrected chi connectivity index (χ0v) is 9.91. The second-order valence-electron chi connectivity index (χ2n) is 3.82. The van der Waals surface area contributed by atoms with Gasteiger partial charge in [0.25, 0.3) is 5.91 Å². The number of hydrogen-bond acceptors (Lipinski definition) is 5. The average Bonchev–Trinajstić information content (AvgIpc) is 2.74. The fourth-order valence-corrected chi connectivity index (χ4v) is 1.50. The minimum Gasteiger partial charge on any atom is -0.467 e. The number of amides is 1. The maximum absolute atomic E-state index is 12.3. The maximum Gasteiger partial charge on any atom is 0.401 e. The number of aliphatic hydroxyl groups excluding tert-OH is 1. The van der Waals surface area contributed by atoms with Crippen molar-refractivity contribution in [2.24, 2.45) is 5.84 Å². The summed E-state index contributed by atoms with van der Waals surface area (Å²) in [7, 11) is 0. The van der Waals surface area contributed by atoms with Crippen LogP contribution in [0.5, 0.6) is 0 Å². The predicted octanol–water partition coefficient (Wildman–Crippen LogP) is 0.240. The lowest BCUT2D eigenvalue weighted by atomic mass is 10.3. The van der Waals surface area contributed by atoms with Crippen molar-refractivity contribution in [3.8, 4) is 0 Å². The van der Waals surface area contributed by atoms with Crippen LogP contribution in [0, 0.1) is 0 Å². The highest BCUT2D eigenvalue weighted by molar-refractivity contribution is 5.93. The Morgan fingerprint density at radius 3 is 2.74 bits per heavy atom. The van der Waals surface area contributed by atoms with Gasteiger partial charge in [-0.2, -0.15) is 13.2 Å². The van der Waals surface area contributed by atoms with Crippen LogP contribution in [0.4, 0.5) is 13.2 Å². The molecule has 1 aromatic heterocycles. The lowest BCUT2D eigenvalue weighted by molar-refractivity contribution is -0.148. The van der Waals surface area contributed by atoms with E-state index in [0.717, 1.165) is 11.2 Å². The molecule has 0 saturated heterocycles. The first-order chi connectivity index (χ1) is 8.85. The van der Waals surface area contributed by atoms with Crippen LogP contribution in [0.3, 0.4) is 0 Å². The number of carbonyl (C=O) groups is 1. The lowest BCUT2D eigenvalue weighted by Gasteiger charge is -2.21. The summed E-state index contributed by atoms with van der Waals surface area (Å²) in [5, 5.41) is 8.72. The van der Waals surface area contributed by atoms with Crippen LogP contribution in [0.1, 0.15) is 16.1 Å². The van der Waals surface area contributed by atoms with Crippen molar-refractivity contribution < 1.29 is 27.5 Å². The molecule has 0 aliphatic rings. The third kappa shape index (κ3) is 5.28. The Balaban J connectivity index is 2.68. The highest BCUT2D eigenvalue weighted by Gasteiger charge is 2.30. The van der Waals surface area contributed by atoms with Crippen LogP contribution in [0.2, 0.25) is 0 Å². The molecule has 1 amide bonds. The fraction of sp³-hybridized carbons (Fsp3) is 0.500. The maximum atomic E-state index is 12.3. The van der Waals surface area contributed by atoms with Crippen molar-refractivity contribution in [2.75, 3.05) is 19.7 Å². The second kappa shape index (κ2) is 6.55. The van der Waals surface area contributed by atoms with E-state index < -0.39 is 25.2 Å². The standard InChI is InChI=1S/C10H14F3N3O3/c11-10(12,13)6-16(1-2-17)4-8-3-7(5-19-8)9(18)15-14/h3,5,17H,1-2,4,6,14H2,(H,15,18). The number of halogens is 3. The number of nitrogens with two attached hydrogens (primary N) is 1. The van der Waals surface area contributed by atoms with E-state index >= 15 is 0 Å². The van der Waals surface area contributed by atoms with Gasteiger partial charge < -0.3 is 9.52 Å². The molecule has 6 nitrogen and oxygen atoms in total. The molecule has 4 N–H and O–H groups in total. The van der Waals surface area contributed by atoms with Gasteiger partial charge >= 0.3 is 6.18 Å². The Kier molecular flexibility index (Phi) is 5.33. The number of furan rings is 1. The number of carbonyl (C=O) groups excluding carboxylic acids is 1. The molecule has 0 bridgehead atoms. The molecular weight excluding hydrogens is 267 g/mol. The molecule has 1 rings (SSSR count). The van der Waals surface area contributed by atoms with Gasteiger partial charge in [-0.3, -0.25) is 15.1 Å². The third-order valence-corrected chi connectivity index (χ3v) is 2.25. The minimum absolute atomic E-state index is 0.119. The second-order valence-corrected chi connectivity index (χ2v) is 3.82. The molecule has 0 radical (unpaired) electrons. The van der Waals surface area contributed by atoms with Crippen LogP contribution in [0.15, 0.2) is 16.7 Å². The number of alkyl halides is 3. The van der Waals surface area contributed by atoms with Crippen molar-refractivity contribution in [1.82, 2.24) is 10.3 Å². The summed E-state index contributed by atoms with van der Waals surface area (Å²) < 4.78 is 41.8. The minimum atomic E-state index is -4.38. The first-order valence-corrected chi connectivity index (χ1v) is 5.34. The van der Waals surface area contributed by atoms with E-state index in [4.69, 9.17) is 15.4 Å². The van der Waals surface area contributed by atoms with E-state index in [9.17, 15) is 18.0 Å². The highest BCUT2D eigenvalue weighted by Crippen LogP contribution is 2.18. The van der Waals surface area contributed by atoms with Gasteiger partial charge in [0.05, 0.1) is 25.3 Å². The highest BCUT2D eigenvalue weighted by atomic mass is 19.4. The number of nitrogen functional groups attached to an aromatic ring is 1. The van der Waals surface area contributed by atoms with E-state index in [-0.39, 0.29) is 24.4 Å². The SMILES string of the molecule is NNC(=O)c1coc(CN(CCO)CC(F)(F)F)c1. The Bertz CT molecular complexity index is 420. The van der Waals surface area contributed by atoms with E-state index in [0.29, 0.717) is 0 Å². The number of rotatable bonds is 6. The molecule has 0 aliphatic carbocycles. The molecule has 108 valence electrons. The van der Waals surface area contributed by atoms with Crippen LogP contribution < -0.4 is 11.3 Å². The summed E-state index contributed by atoms with van der Waals surface area (Å²) in [6.45, 7) is -1.91. The van der Waals surface area contributed by atoms with Crippen molar-refractivity contribution in [3.05, 3.63) is 23.7 Å². The summed E-state index contributed by atoms with van der Waals surface area (Å²) in [4.78, 5) is 12.1. The topological polar surface area (TPSA) is 91.7 Å². The normalized spacial score (nSPS) is 11.9. The molecule has 0 saturated carbocycles. The zero-order valence-electron chi connectivity index (χ0n) is 9.91. The molecule has 1 heterocycles. The van der Waals surface area contributed by atoms with Crippen LogP contribution >= 0.6 is 0 Å². The number of hydrazine groups is 1. The summed E-state index contributed by atoms with van der Waals surface area (Å²) >= 11 is 0. The monoisotopic (exact) mass is 281 g/mol. The average molecular weight is 281 g/mol. The van der Waals surface area contributed by atoms with E-state index in [2.05, 4.69) is 0 Å². The Morgan fingerprint density at radius 2 is 2.21 bits per heavy atom. The van der Waals surface area contributed by atoms with Gasteiger partial charge in [0.2, 0.25) is 0 Å². The molecular formula is C10H14F3N3O3. The first kappa shape index (κ1) is 15.5. The molecule has 0 fully saturated rings. The van der Waals surface area contributed by atoms with Gasteiger partial charge in [0.1, 0.15) is 12.0 Å².